The van der Waals surface area contributed by atoms with E-state index in [1.54, 1.807) is 6.07 Å². The molecule has 29 heavy (non-hydrogen) atoms. The van der Waals surface area contributed by atoms with Crippen LogP contribution in [0.2, 0.25) is 0 Å². The first-order valence-corrected chi connectivity index (χ1v) is 7.92. The van der Waals surface area contributed by atoms with Crippen molar-refractivity contribution in [3.8, 4) is 11.9 Å². The molecule has 0 aliphatic rings. The number of rotatable bonds is 7. The van der Waals surface area contributed by atoms with E-state index in [1.807, 2.05) is 0 Å². The summed E-state index contributed by atoms with van der Waals surface area (Å²) < 4.78 is 5.73. The molecule has 0 aliphatic heterocycles. The molecule has 1 heterocycles. The zero-order chi connectivity index (χ0) is 21.7. The normalized spacial score (nSPS) is 10.8. The van der Waals surface area contributed by atoms with Crippen LogP contribution >= 0.6 is 0 Å². The summed E-state index contributed by atoms with van der Waals surface area (Å²) in [5, 5.41) is 48.8. The van der Waals surface area contributed by atoms with Crippen LogP contribution < -0.4 is 5.56 Å². The Balaban J connectivity index is 2.64. The number of non-ortho nitro benzene ring substituents is 1. The van der Waals surface area contributed by atoms with E-state index in [1.165, 1.54) is 14.0 Å². The van der Waals surface area contributed by atoms with Gasteiger partial charge >= 0.3 is 5.69 Å². The average molecular weight is 402 g/mol. The third-order valence-electron chi connectivity index (χ3n) is 3.91. The number of nitro groups is 2. The van der Waals surface area contributed by atoms with Gasteiger partial charge in [0.15, 0.2) is 11.4 Å². The Hall–Kier alpha value is -4.18. The molecule has 0 radical (unpaired) electrons. The highest BCUT2D eigenvalue weighted by molar-refractivity contribution is 5.62. The minimum Gasteiger partial charge on any atom is -0.493 e. The standard InChI is InChI=1S/C16H14N6O7/c1-9-11(8-17)15(23)20(5-6-29-2)16(24)14(9)19-18-12-4-3-10(21(25)26)7-13(12)22(27)28/h3-4,7,23H,5-6H2,1-2H3. The SMILES string of the molecule is COCCn1c(O)c(C#N)c(C)c(N=Nc2ccc([N+](=O)[O-])cc2[N+](=O)[O-])c1=O. The second-order valence-corrected chi connectivity index (χ2v) is 5.62. The Morgan fingerprint density at radius 2 is 1.97 bits per heavy atom. The van der Waals surface area contributed by atoms with Gasteiger partial charge in [-0.1, -0.05) is 0 Å². The lowest BCUT2D eigenvalue weighted by Crippen LogP contribution is -2.23. The first-order valence-electron chi connectivity index (χ1n) is 7.92. The number of methoxy groups -OCH3 is 1. The summed E-state index contributed by atoms with van der Waals surface area (Å²) >= 11 is 0. The molecule has 1 aromatic heterocycles. The van der Waals surface area contributed by atoms with Crippen LogP contribution in [0.4, 0.5) is 22.7 Å². The van der Waals surface area contributed by atoms with E-state index in [0.717, 1.165) is 22.8 Å². The van der Waals surface area contributed by atoms with Crippen LogP contribution in [-0.2, 0) is 11.3 Å². The molecule has 13 nitrogen and oxygen atoms in total. The molecule has 0 amide bonds. The van der Waals surface area contributed by atoms with E-state index in [4.69, 9.17) is 4.74 Å². The summed E-state index contributed by atoms with van der Waals surface area (Å²) in [4.78, 5) is 32.9. The van der Waals surface area contributed by atoms with Crippen LogP contribution in [0, 0.1) is 38.5 Å². The molecule has 0 spiro atoms. The van der Waals surface area contributed by atoms with Crippen molar-refractivity contribution in [2.24, 2.45) is 10.2 Å². The number of hydrogen-bond acceptors (Lipinski definition) is 10. The predicted octanol–water partition coefficient (Wildman–Crippen LogP) is 2.61. The molecule has 2 aromatic rings. The lowest BCUT2D eigenvalue weighted by molar-refractivity contribution is -0.393. The quantitative estimate of drug-likeness (QED) is 0.415. The van der Waals surface area contributed by atoms with E-state index in [9.17, 15) is 35.4 Å². The predicted molar refractivity (Wildman–Crippen MR) is 97.6 cm³/mol. The highest BCUT2D eigenvalue weighted by Crippen LogP contribution is 2.33. The monoisotopic (exact) mass is 402 g/mol. The van der Waals surface area contributed by atoms with Crippen molar-refractivity contribution in [1.29, 1.82) is 5.26 Å². The van der Waals surface area contributed by atoms with E-state index in [0.29, 0.717) is 0 Å². The van der Waals surface area contributed by atoms with E-state index < -0.39 is 32.7 Å². The number of pyridine rings is 1. The van der Waals surface area contributed by atoms with Crippen LogP contribution in [0.3, 0.4) is 0 Å². The van der Waals surface area contributed by atoms with E-state index in [-0.39, 0.29) is 35.7 Å². The number of aromatic nitrogens is 1. The van der Waals surface area contributed by atoms with Gasteiger partial charge in [0, 0.05) is 18.7 Å². The van der Waals surface area contributed by atoms with Crippen LogP contribution in [0.15, 0.2) is 33.2 Å². The maximum Gasteiger partial charge on any atom is 0.303 e. The van der Waals surface area contributed by atoms with Crippen molar-refractivity contribution in [1.82, 2.24) is 4.57 Å². The smallest absolute Gasteiger partial charge is 0.303 e. The molecule has 0 saturated carbocycles. The van der Waals surface area contributed by atoms with Gasteiger partial charge in [-0.25, -0.2) is 0 Å². The summed E-state index contributed by atoms with van der Waals surface area (Å²) in [5.74, 6) is -0.563. The fraction of sp³-hybridized carbons (Fsp3) is 0.250. The van der Waals surface area contributed by atoms with Gasteiger partial charge in [-0.15, -0.1) is 10.2 Å². The number of ether oxygens (including phenoxy) is 1. The summed E-state index contributed by atoms with van der Waals surface area (Å²) in [5.41, 5.74) is -2.81. The number of benzene rings is 1. The molecule has 2 rings (SSSR count). The van der Waals surface area contributed by atoms with Gasteiger partial charge in [0.25, 0.3) is 11.2 Å². The Morgan fingerprint density at radius 1 is 1.28 bits per heavy atom. The van der Waals surface area contributed by atoms with Crippen molar-refractivity contribution >= 4 is 22.7 Å². The fourth-order valence-corrected chi connectivity index (χ4v) is 2.41. The number of hydrogen-bond donors (Lipinski definition) is 1. The first kappa shape index (κ1) is 21.1. The van der Waals surface area contributed by atoms with Gasteiger partial charge in [-0.3, -0.25) is 29.6 Å². The number of azo groups is 1. The molecule has 150 valence electrons. The van der Waals surface area contributed by atoms with Crippen molar-refractivity contribution in [3.63, 3.8) is 0 Å². The maximum absolute atomic E-state index is 12.6. The number of nitro benzene ring substituents is 2. The third-order valence-corrected chi connectivity index (χ3v) is 3.91. The maximum atomic E-state index is 12.6. The van der Waals surface area contributed by atoms with Crippen molar-refractivity contribution in [2.45, 2.75) is 13.5 Å². The van der Waals surface area contributed by atoms with Gasteiger partial charge < -0.3 is 9.84 Å². The zero-order valence-corrected chi connectivity index (χ0v) is 15.2. The highest BCUT2D eigenvalue weighted by Gasteiger charge is 2.21. The number of nitriles is 1. The molecule has 0 fully saturated rings. The highest BCUT2D eigenvalue weighted by atomic mass is 16.6. The fourth-order valence-electron chi connectivity index (χ4n) is 2.41. The van der Waals surface area contributed by atoms with Gasteiger partial charge in [-0.05, 0) is 13.0 Å². The summed E-state index contributed by atoms with van der Waals surface area (Å²) in [6, 6.07) is 4.50. The summed E-state index contributed by atoms with van der Waals surface area (Å²) in [7, 11) is 1.38. The lowest BCUT2D eigenvalue weighted by Gasteiger charge is -2.12. The van der Waals surface area contributed by atoms with Crippen LogP contribution in [0.1, 0.15) is 11.1 Å². The van der Waals surface area contributed by atoms with Crippen molar-refractivity contribution < 1.29 is 19.7 Å². The van der Waals surface area contributed by atoms with Gasteiger partial charge in [0.2, 0.25) is 5.88 Å². The Morgan fingerprint density at radius 3 is 2.52 bits per heavy atom. The molecule has 0 unspecified atom stereocenters. The summed E-state index contributed by atoms with van der Waals surface area (Å²) in [6.45, 7) is 1.35. The van der Waals surface area contributed by atoms with Crippen molar-refractivity contribution in [3.05, 3.63) is 59.9 Å². The summed E-state index contributed by atoms with van der Waals surface area (Å²) in [6.07, 6.45) is 0. The number of aromatic hydroxyl groups is 1. The Kier molecular flexibility index (Phi) is 6.32. The Labute approximate surface area is 162 Å². The van der Waals surface area contributed by atoms with E-state index >= 15 is 0 Å². The van der Waals surface area contributed by atoms with Crippen LogP contribution in [0.25, 0.3) is 0 Å². The molecule has 0 atom stereocenters. The topological polar surface area (TPSA) is 186 Å². The second-order valence-electron chi connectivity index (χ2n) is 5.62. The molecule has 0 bridgehead atoms. The van der Waals surface area contributed by atoms with Crippen LogP contribution in [-0.4, -0.2) is 33.2 Å². The minimum absolute atomic E-state index is 0.0250. The van der Waals surface area contributed by atoms with Crippen LogP contribution in [0.5, 0.6) is 5.88 Å². The zero-order valence-electron chi connectivity index (χ0n) is 15.2. The van der Waals surface area contributed by atoms with Gasteiger partial charge in [0.05, 0.1) is 29.1 Å². The average Bonchev–Trinajstić information content (AvgIpc) is 2.68. The van der Waals surface area contributed by atoms with Gasteiger partial charge in [0.1, 0.15) is 11.6 Å². The minimum atomic E-state index is -0.872. The lowest BCUT2D eigenvalue weighted by atomic mass is 10.1. The Bertz CT molecular complexity index is 1120. The first-order chi connectivity index (χ1) is 13.7. The van der Waals surface area contributed by atoms with Gasteiger partial charge in [-0.2, -0.15) is 5.26 Å². The molecular formula is C16H14N6O7. The van der Waals surface area contributed by atoms with E-state index in [2.05, 4.69) is 10.2 Å². The molecule has 0 saturated heterocycles. The second kappa shape index (κ2) is 8.67. The largest absolute Gasteiger partial charge is 0.493 e. The molecular weight excluding hydrogens is 388 g/mol. The van der Waals surface area contributed by atoms with Crippen molar-refractivity contribution in [2.75, 3.05) is 13.7 Å². The molecule has 1 N–H and O–H groups in total. The molecule has 13 heteroatoms. The number of nitrogens with zero attached hydrogens (tertiary/aromatic N) is 6. The molecule has 1 aromatic carbocycles. The molecule has 0 aliphatic carbocycles. The third kappa shape index (κ3) is 4.22.